The van der Waals surface area contributed by atoms with Gasteiger partial charge in [-0.05, 0) is 24.1 Å². The molecule has 0 unspecified atom stereocenters. The Balaban J connectivity index is 1.34. The molecule has 0 aliphatic carbocycles. The van der Waals surface area contributed by atoms with Gasteiger partial charge in [0.25, 0.3) is 0 Å². The first-order chi connectivity index (χ1) is 12.3. The fourth-order valence-electron chi connectivity index (χ4n) is 3.25. The third kappa shape index (κ3) is 3.33. The van der Waals surface area contributed by atoms with Crippen molar-refractivity contribution in [3.8, 4) is 0 Å². The number of aromatic nitrogens is 3. The van der Waals surface area contributed by atoms with E-state index in [9.17, 15) is 4.79 Å². The predicted molar refractivity (Wildman–Crippen MR) is 96.5 cm³/mol. The fourth-order valence-corrected chi connectivity index (χ4v) is 3.25. The average Bonchev–Trinajstić information content (AvgIpc) is 3.11. The minimum absolute atomic E-state index is 0.231. The Labute approximate surface area is 146 Å². The zero-order valence-electron chi connectivity index (χ0n) is 14.1. The van der Waals surface area contributed by atoms with Crippen molar-refractivity contribution in [3.05, 3.63) is 60.3 Å². The number of hydrogen-bond acceptors (Lipinski definition) is 4. The molecule has 2 aromatic heterocycles. The number of rotatable bonds is 4. The molecular weight excluding hydrogens is 314 g/mol. The van der Waals surface area contributed by atoms with E-state index in [0.29, 0.717) is 6.42 Å². The van der Waals surface area contributed by atoms with Crippen LogP contribution in [-0.4, -0.2) is 51.6 Å². The number of benzene rings is 1. The highest BCUT2D eigenvalue weighted by Crippen LogP contribution is 2.16. The van der Waals surface area contributed by atoms with E-state index in [1.807, 2.05) is 51.9 Å². The monoisotopic (exact) mass is 335 g/mol. The van der Waals surface area contributed by atoms with Gasteiger partial charge >= 0.3 is 0 Å². The average molecular weight is 335 g/mol. The normalized spacial score (nSPS) is 14.9. The van der Waals surface area contributed by atoms with Gasteiger partial charge in [-0.2, -0.15) is 0 Å². The number of nitrogens with zero attached hydrogens (tertiary/aromatic N) is 5. The second-order valence-corrected chi connectivity index (χ2v) is 6.28. The first kappa shape index (κ1) is 15.6. The van der Waals surface area contributed by atoms with Crippen LogP contribution >= 0.6 is 0 Å². The quantitative estimate of drug-likeness (QED) is 0.732. The molecule has 3 aromatic rings. The third-order valence-corrected chi connectivity index (χ3v) is 4.68. The summed E-state index contributed by atoms with van der Waals surface area (Å²) in [5.41, 5.74) is 2.06. The van der Waals surface area contributed by atoms with Crippen LogP contribution in [0.4, 0.5) is 5.95 Å². The first-order valence-corrected chi connectivity index (χ1v) is 8.68. The third-order valence-electron chi connectivity index (χ3n) is 4.68. The summed E-state index contributed by atoms with van der Waals surface area (Å²) in [5, 5.41) is 8.50. The number of carbonyl (C=O) groups excluding carboxylic acids is 1. The van der Waals surface area contributed by atoms with Crippen molar-refractivity contribution in [2.45, 2.75) is 12.8 Å². The topological polar surface area (TPSA) is 53.7 Å². The Hall–Kier alpha value is -2.89. The predicted octanol–water partition coefficient (Wildman–Crippen LogP) is 2.01. The molecule has 1 aliphatic heterocycles. The summed E-state index contributed by atoms with van der Waals surface area (Å²) in [6, 6.07) is 16.0. The van der Waals surface area contributed by atoms with Gasteiger partial charge in [-0.3, -0.25) is 9.20 Å². The van der Waals surface area contributed by atoms with Crippen molar-refractivity contribution in [3.63, 3.8) is 0 Å². The lowest BCUT2D eigenvalue weighted by atomic mass is 10.1. The molecule has 128 valence electrons. The van der Waals surface area contributed by atoms with E-state index >= 15 is 0 Å². The molecule has 1 amide bonds. The van der Waals surface area contributed by atoms with Crippen molar-refractivity contribution in [1.29, 1.82) is 0 Å². The summed E-state index contributed by atoms with van der Waals surface area (Å²) in [5.74, 6) is 1.08. The Morgan fingerprint density at radius 3 is 2.48 bits per heavy atom. The van der Waals surface area contributed by atoms with Gasteiger partial charge in [0.1, 0.15) is 0 Å². The summed E-state index contributed by atoms with van der Waals surface area (Å²) < 4.78 is 1.99. The standard InChI is InChI=1S/C19H21N5O/c25-18(10-9-16-6-2-1-3-7-16)22-12-14-23(15-13-22)19-21-20-17-8-4-5-11-24(17)19/h1-8,11H,9-10,12-15H2. The Morgan fingerprint density at radius 1 is 0.920 bits per heavy atom. The number of piperazine rings is 1. The van der Waals surface area contributed by atoms with Crippen molar-refractivity contribution in [1.82, 2.24) is 19.5 Å². The molecule has 1 fully saturated rings. The van der Waals surface area contributed by atoms with Crippen molar-refractivity contribution in [2.75, 3.05) is 31.1 Å². The Bertz CT molecular complexity index is 852. The van der Waals surface area contributed by atoms with Crippen LogP contribution in [0.2, 0.25) is 0 Å². The molecule has 0 saturated carbocycles. The molecule has 6 nitrogen and oxygen atoms in total. The second kappa shape index (κ2) is 6.93. The second-order valence-electron chi connectivity index (χ2n) is 6.28. The molecule has 1 aromatic carbocycles. The van der Waals surface area contributed by atoms with Crippen LogP contribution in [0.25, 0.3) is 5.65 Å². The maximum atomic E-state index is 12.5. The minimum Gasteiger partial charge on any atom is -0.339 e. The highest BCUT2D eigenvalue weighted by atomic mass is 16.2. The van der Waals surface area contributed by atoms with Gasteiger partial charge < -0.3 is 9.80 Å². The number of hydrogen-bond donors (Lipinski definition) is 0. The Kier molecular flexibility index (Phi) is 4.33. The molecule has 0 spiro atoms. The number of pyridine rings is 1. The van der Waals surface area contributed by atoms with Gasteiger partial charge in [0.15, 0.2) is 5.65 Å². The van der Waals surface area contributed by atoms with Crippen LogP contribution in [0, 0.1) is 0 Å². The zero-order valence-corrected chi connectivity index (χ0v) is 14.1. The van der Waals surface area contributed by atoms with E-state index in [1.54, 1.807) is 0 Å². The molecule has 1 saturated heterocycles. The van der Waals surface area contributed by atoms with Gasteiger partial charge in [0.2, 0.25) is 11.9 Å². The maximum absolute atomic E-state index is 12.5. The molecule has 0 N–H and O–H groups in total. The lowest BCUT2D eigenvalue weighted by Gasteiger charge is -2.34. The maximum Gasteiger partial charge on any atom is 0.231 e. The summed E-state index contributed by atoms with van der Waals surface area (Å²) in [7, 11) is 0. The zero-order chi connectivity index (χ0) is 17.1. The van der Waals surface area contributed by atoms with Crippen LogP contribution in [-0.2, 0) is 11.2 Å². The summed E-state index contributed by atoms with van der Waals surface area (Å²) >= 11 is 0. The SMILES string of the molecule is O=C(CCc1ccccc1)N1CCN(c2nnc3ccccn23)CC1. The van der Waals surface area contributed by atoms with Crippen molar-refractivity contribution >= 4 is 17.5 Å². The van der Waals surface area contributed by atoms with Gasteiger partial charge in [0.05, 0.1) is 0 Å². The van der Waals surface area contributed by atoms with E-state index in [2.05, 4.69) is 27.2 Å². The van der Waals surface area contributed by atoms with E-state index < -0.39 is 0 Å². The lowest BCUT2D eigenvalue weighted by molar-refractivity contribution is -0.131. The van der Waals surface area contributed by atoms with Crippen LogP contribution in [0.3, 0.4) is 0 Å². The summed E-state index contributed by atoms with van der Waals surface area (Å²) in [6.45, 7) is 3.03. The molecular formula is C19H21N5O. The van der Waals surface area contributed by atoms with E-state index in [0.717, 1.165) is 44.2 Å². The molecule has 0 atom stereocenters. The van der Waals surface area contributed by atoms with Crippen LogP contribution in [0.1, 0.15) is 12.0 Å². The van der Waals surface area contributed by atoms with Crippen molar-refractivity contribution in [2.24, 2.45) is 0 Å². The van der Waals surface area contributed by atoms with Gasteiger partial charge in [-0.1, -0.05) is 36.4 Å². The number of amides is 1. The van der Waals surface area contributed by atoms with Crippen LogP contribution in [0.5, 0.6) is 0 Å². The number of anilines is 1. The molecule has 0 radical (unpaired) electrons. The Morgan fingerprint density at radius 2 is 1.68 bits per heavy atom. The molecule has 4 rings (SSSR count). The number of aryl methyl sites for hydroxylation is 1. The van der Waals surface area contributed by atoms with E-state index in [4.69, 9.17) is 0 Å². The molecule has 3 heterocycles. The molecule has 1 aliphatic rings. The van der Waals surface area contributed by atoms with Crippen molar-refractivity contribution < 1.29 is 4.79 Å². The van der Waals surface area contributed by atoms with Gasteiger partial charge in [-0.25, -0.2) is 0 Å². The highest BCUT2D eigenvalue weighted by molar-refractivity contribution is 5.76. The van der Waals surface area contributed by atoms with E-state index in [-0.39, 0.29) is 5.91 Å². The van der Waals surface area contributed by atoms with Crippen LogP contribution in [0.15, 0.2) is 54.7 Å². The fraction of sp³-hybridized carbons (Fsp3) is 0.316. The minimum atomic E-state index is 0.231. The van der Waals surface area contributed by atoms with Gasteiger partial charge in [0, 0.05) is 38.8 Å². The number of carbonyl (C=O) groups is 1. The van der Waals surface area contributed by atoms with Crippen LogP contribution < -0.4 is 4.90 Å². The lowest BCUT2D eigenvalue weighted by Crippen LogP contribution is -2.49. The largest absolute Gasteiger partial charge is 0.339 e. The molecule has 25 heavy (non-hydrogen) atoms. The molecule has 6 heteroatoms. The first-order valence-electron chi connectivity index (χ1n) is 8.68. The molecule has 0 bridgehead atoms. The highest BCUT2D eigenvalue weighted by Gasteiger charge is 2.23. The smallest absolute Gasteiger partial charge is 0.231 e. The summed E-state index contributed by atoms with van der Waals surface area (Å²) in [6.07, 6.45) is 3.34. The van der Waals surface area contributed by atoms with Gasteiger partial charge in [-0.15, -0.1) is 10.2 Å². The number of fused-ring (bicyclic) bond motifs is 1. The summed E-state index contributed by atoms with van der Waals surface area (Å²) in [4.78, 5) is 16.6. The van der Waals surface area contributed by atoms with E-state index in [1.165, 1.54) is 5.56 Å².